The van der Waals surface area contributed by atoms with E-state index in [-0.39, 0.29) is 29.5 Å². The molecule has 1 amide bonds. The van der Waals surface area contributed by atoms with Crippen molar-refractivity contribution in [3.63, 3.8) is 0 Å². The van der Waals surface area contributed by atoms with Crippen molar-refractivity contribution in [3.05, 3.63) is 63.0 Å². The van der Waals surface area contributed by atoms with Crippen molar-refractivity contribution in [2.45, 2.75) is 32.8 Å². The maximum atomic E-state index is 13.1. The van der Waals surface area contributed by atoms with E-state index in [0.29, 0.717) is 29.6 Å². The van der Waals surface area contributed by atoms with Crippen molar-refractivity contribution in [2.24, 2.45) is 0 Å². The number of nitrogens with zero attached hydrogens (tertiary/aromatic N) is 4. The van der Waals surface area contributed by atoms with Crippen molar-refractivity contribution in [3.8, 4) is 0 Å². The van der Waals surface area contributed by atoms with Crippen LogP contribution in [0.3, 0.4) is 0 Å². The first-order chi connectivity index (χ1) is 16.5. The molecule has 0 unspecified atom stereocenters. The van der Waals surface area contributed by atoms with E-state index in [2.05, 4.69) is 25.6 Å². The topological polar surface area (TPSA) is 118 Å². The summed E-state index contributed by atoms with van der Waals surface area (Å²) in [5.41, 5.74) is 6.81. The standard InChI is InChI=1S/C22H26F3N7O2S/c1-13-4-5-14(6-16(13)22(23,24)25)31-21(33)18-7-28-19(35-18)8-27-12-34-10-17-15(9-32(2)3)20(26)30-11-29-17/h4-7,11,27H,8-10,12H2,1-3H3,(H,31,33)(H2,26,29,30). The molecule has 1 aromatic carbocycles. The van der Waals surface area contributed by atoms with Gasteiger partial charge < -0.3 is 20.7 Å². The number of nitrogens with one attached hydrogen (secondary N) is 2. The molecule has 0 aliphatic heterocycles. The third kappa shape index (κ3) is 7.42. The first-order valence-electron chi connectivity index (χ1n) is 10.5. The lowest BCUT2D eigenvalue weighted by Crippen LogP contribution is -2.19. The minimum Gasteiger partial charge on any atom is -0.383 e. The number of anilines is 2. The Labute approximate surface area is 204 Å². The van der Waals surface area contributed by atoms with Gasteiger partial charge in [0, 0.05) is 24.3 Å². The van der Waals surface area contributed by atoms with Crippen molar-refractivity contribution >= 4 is 28.7 Å². The van der Waals surface area contributed by atoms with E-state index < -0.39 is 17.6 Å². The van der Waals surface area contributed by atoms with Crippen LogP contribution < -0.4 is 16.4 Å². The summed E-state index contributed by atoms with van der Waals surface area (Å²) >= 11 is 1.13. The third-order valence-corrected chi connectivity index (χ3v) is 5.84. The number of halogens is 3. The van der Waals surface area contributed by atoms with Gasteiger partial charge in [0.2, 0.25) is 0 Å². The molecule has 0 fully saturated rings. The number of rotatable bonds is 10. The molecule has 0 saturated heterocycles. The number of amides is 1. The Hall–Kier alpha value is -3.13. The predicted molar refractivity (Wildman–Crippen MR) is 127 cm³/mol. The summed E-state index contributed by atoms with van der Waals surface area (Å²) < 4.78 is 44.9. The second-order valence-corrected chi connectivity index (χ2v) is 9.06. The number of aromatic nitrogens is 3. The molecule has 2 heterocycles. The van der Waals surface area contributed by atoms with Crippen LogP contribution in [0.2, 0.25) is 0 Å². The van der Waals surface area contributed by atoms with Crippen LogP contribution in [0.5, 0.6) is 0 Å². The van der Waals surface area contributed by atoms with E-state index >= 15 is 0 Å². The van der Waals surface area contributed by atoms with Crippen LogP contribution in [0, 0.1) is 6.92 Å². The molecule has 188 valence electrons. The predicted octanol–water partition coefficient (Wildman–Crippen LogP) is 3.42. The number of carbonyl (C=O) groups is 1. The van der Waals surface area contributed by atoms with Gasteiger partial charge in [-0.15, -0.1) is 11.3 Å². The van der Waals surface area contributed by atoms with Crippen molar-refractivity contribution in [1.82, 2.24) is 25.2 Å². The second-order valence-electron chi connectivity index (χ2n) is 7.94. The fourth-order valence-electron chi connectivity index (χ4n) is 3.15. The monoisotopic (exact) mass is 509 g/mol. The minimum atomic E-state index is -4.50. The van der Waals surface area contributed by atoms with Crippen LogP contribution in [-0.2, 0) is 30.6 Å². The van der Waals surface area contributed by atoms with Gasteiger partial charge in [-0.3, -0.25) is 10.1 Å². The molecule has 0 bridgehead atoms. The molecule has 0 saturated carbocycles. The number of nitrogen functional groups attached to an aromatic ring is 1. The molecule has 2 aromatic heterocycles. The number of thiazole rings is 1. The lowest BCUT2D eigenvalue weighted by molar-refractivity contribution is -0.138. The molecule has 35 heavy (non-hydrogen) atoms. The highest BCUT2D eigenvalue weighted by atomic mass is 32.1. The zero-order valence-corrected chi connectivity index (χ0v) is 20.3. The van der Waals surface area contributed by atoms with Crippen LogP contribution in [0.15, 0.2) is 30.7 Å². The van der Waals surface area contributed by atoms with E-state index in [1.54, 1.807) is 0 Å². The summed E-state index contributed by atoms with van der Waals surface area (Å²) in [5, 5.41) is 6.18. The smallest absolute Gasteiger partial charge is 0.383 e. The molecule has 9 nitrogen and oxygen atoms in total. The van der Waals surface area contributed by atoms with Gasteiger partial charge in [0.15, 0.2) is 0 Å². The van der Waals surface area contributed by atoms with Gasteiger partial charge >= 0.3 is 6.18 Å². The maximum Gasteiger partial charge on any atom is 0.416 e. The Morgan fingerprint density at radius 3 is 2.71 bits per heavy atom. The van der Waals surface area contributed by atoms with Gasteiger partial charge in [-0.25, -0.2) is 15.0 Å². The third-order valence-electron chi connectivity index (χ3n) is 4.84. The van der Waals surface area contributed by atoms with E-state index in [1.807, 2.05) is 19.0 Å². The molecule has 3 aromatic rings. The lowest BCUT2D eigenvalue weighted by atomic mass is 10.1. The average molecular weight is 510 g/mol. The second kappa shape index (κ2) is 11.5. The molecule has 0 aliphatic rings. The van der Waals surface area contributed by atoms with E-state index in [9.17, 15) is 18.0 Å². The zero-order valence-electron chi connectivity index (χ0n) is 19.4. The number of hydrogen-bond donors (Lipinski definition) is 3. The Kier molecular flexibility index (Phi) is 8.72. The highest BCUT2D eigenvalue weighted by Crippen LogP contribution is 2.33. The van der Waals surface area contributed by atoms with Gasteiger partial charge in [0.1, 0.15) is 22.0 Å². The van der Waals surface area contributed by atoms with Gasteiger partial charge in [-0.05, 0) is 38.7 Å². The number of alkyl halides is 3. The quantitative estimate of drug-likeness (QED) is 0.281. The molecule has 0 atom stereocenters. The summed E-state index contributed by atoms with van der Waals surface area (Å²) in [6.45, 7) is 2.74. The van der Waals surface area contributed by atoms with Crippen molar-refractivity contribution in [2.75, 3.05) is 31.9 Å². The molecular formula is C22H26F3N7O2S. The van der Waals surface area contributed by atoms with Gasteiger partial charge in [-0.1, -0.05) is 6.07 Å². The minimum absolute atomic E-state index is 0.0633. The summed E-state index contributed by atoms with van der Waals surface area (Å²) in [5.74, 6) is -0.120. The summed E-state index contributed by atoms with van der Waals surface area (Å²) in [6, 6.07) is 3.67. The summed E-state index contributed by atoms with van der Waals surface area (Å²) in [7, 11) is 3.84. The number of hydrogen-bond acceptors (Lipinski definition) is 9. The number of benzene rings is 1. The van der Waals surface area contributed by atoms with Crippen LogP contribution in [0.25, 0.3) is 0 Å². The Bertz CT molecular complexity index is 1170. The highest BCUT2D eigenvalue weighted by molar-refractivity contribution is 7.13. The van der Waals surface area contributed by atoms with Crippen LogP contribution in [-0.4, -0.2) is 46.6 Å². The molecule has 13 heteroatoms. The Morgan fingerprint density at radius 1 is 1.23 bits per heavy atom. The van der Waals surface area contributed by atoms with Crippen LogP contribution in [0.4, 0.5) is 24.7 Å². The van der Waals surface area contributed by atoms with Crippen molar-refractivity contribution < 1.29 is 22.7 Å². The van der Waals surface area contributed by atoms with E-state index in [4.69, 9.17) is 10.5 Å². The molecule has 3 rings (SSSR count). The highest BCUT2D eigenvalue weighted by Gasteiger charge is 2.32. The van der Waals surface area contributed by atoms with Crippen LogP contribution in [0.1, 0.15) is 37.1 Å². The average Bonchev–Trinajstić information content (AvgIpc) is 3.25. The number of nitrogens with two attached hydrogens (primary N) is 1. The van der Waals surface area contributed by atoms with Crippen LogP contribution >= 0.6 is 11.3 Å². The summed E-state index contributed by atoms with van der Waals surface area (Å²) in [4.78, 5) is 27.1. The largest absolute Gasteiger partial charge is 0.416 e. The fourth-order valence-corrected chi connectivity index (χ4v) is 3.93. The van der Waals surface area contributed by atoms with Gasteiger partial charge in [-0.2, -0.15) is 13.2 Å². The molecule has 0 radical (unpaired) electrons. The number of ether oxygens (including phenoxy) is 1. The fraction of sp³-hybridized carbons (Fsp3) is 0.364. The van der Waals surface area contributed by atoms with Crippen molar-refractivity contribution in [1.29, 1.82) is 0 Å². The van der Waals surface area contributed by atoms with Gasteiger partial charge in [0.05, 0.1) is 30.8 Å². The first kappa shape index (κ1) is 26.5. The molecular weight excluding hydrogens is 483 g/mol. The van der Waals surface area contributed by atoms with E-state index in [0.717, 1.165) is 23.0 Å². The SMILES string of the molecule is Cc1ccc(NC(=O)c2cnc(CNCOCc3ncnc(N)c3CN(C)C)s2)cc1C(F)(F)F. The van der Waals surface area contributed by atoms with E-state index in [1.165, 1.54) is 31.6 Å². The number of carbonyl (C=O) groups excluding carboxylic acids is 1. The summed E-state index contributed by atoms with van der Waals surface area (Å²) in [6.07, 6.45) is -1.72. The normalized spacial score (nSPS) is 11.7. The molecule has 4 N–H and O–H groups in total. The zero-order chi connectivity index (χ0) is 25.6. The molecule has 0 spiro atoms. The Morgan fingerprint density at radius 2 is 2.00 bits per heavy atom. The van der Waals surface area contributed by atoms with Gasteiger partial charge in [0.25, 0.3) is 5.91 Å². The Balaban J connectivity index is 1.49. The first-order valence-corrected chi connectivity index (χ1v) is 11.3. The lowest BCUT2D eigenvalue weighted by Gasteiger charge is -2.15. The number of aryl methyl sites for hydroxylation is 1. The maximum absolute atomic E-state index is 13.1. The molecule has 0 aliphatic carbocycles.